The van der Waals surface area contributed by atoms with Gasteiger partial charge in [-0.3, -0.25) is 4.79 Å². The molecule has 7 nitrogen and oxygen atoms in total. The average Bonchev–Trinajstić information content (AvgIpc) is 3.06. The molecule has 170 valence electrons. The Kier molecular flexibility index (Phi) is 7.14. The van der Waals surface area contributed by atoms with Crippen LogP contribution < -0.4 is 20.1 Å². The number of guanidine groups is 1. The summed E-state index contributed by atoms with van der Waals surface area (Å²) in [5.74, 6) is 2.17. The molecule has 32 heavy (non-hydrogen) atoms. The molecule has 1 aliphatic carbocycles. The number of likely N-dealkylation sites (N-methyl/N-ethyl adjacent to an activating group) is 1. The minimum atomic E-state index is -0.00111. The highest BCUT2D eigenvalue weighted by molar-refractivity contribution is 5.86. The lowest BCUT2D eigenvalue weighted by atomic mass is 9.88. The van der Waals surface area contributed by atoms with E-state index in [1.54, 1.807) is 19.0 Å². The van der Waals surface area contributed by atoms with Crippen molar-refractivity contribution >= 4 is 11.9 Å². The Morgan fingerprint density at radius 2 is 1.91 bits per heavy atom. The molecule has 4 rings (SSSR count). The van der Waals surface area contributed by atoms with Gasteiger partial charge in [-0.05, 0) is 36.5 Å². The monoisotopic (exact) mass is 436 g/mol. The van der Waals surface area contributed by atoms with Gasteiger partial charge in [-0.25, -0.2) is 4.99 Å². The van der Waals surface area contributed by atoms with Crippen molar-refractivity contribution in [2.24, 2.45) is 4.99 Å². The number of carbonyl (C=O) groups excluding carboxylic acids is 1. The first-order valence-electron chi connectivity index (χ1n) is 11.3. The second-order valence-electron chi connectivity index (χ2n) is 8.45. The second kappa shape index (κ2) is 10.4. The van der Waals surface area contributed by atoms with Gasteiger partial charge in [0.1, 0.15) is 0 Å². The molecular formula is C25H32N4O3. The maximum Gasteiger partial charge on any atom is 0.241 e. The number of carbonyl (C=O) groups is 1. The Morgan fingerprint density at radius 1 is 1.09 bits per heavy atom. The van der Waals surface area contributed by atoms with Crippen LogP contribution in [0.2, 0.25) is 0 Å². The Labute approximate surface area is 189 Å². The number of nitrogens with zero attached hydrogens (tertiary/aromatic N) is 2. The quantitative estimate of drug-likeness (QED) is 0.557. The van der Waals surface area contributed by atoms with Crippen molar-refractivity contribution in [1.82, 2.24) is 15.5 Å². The number of fused-ring (bicyclic) bond motifs is 2. The van der Waals surface area contributed by atoms with Crippen LogP contribution in [0, 0.1) is 0 Å². The van der Waals surface area contributed by atoms with Gasteiger partial charge in [0.05, 0.1) is 26.3 Å². The van der Waals surface area contributed by atoms with Gasteiger partial charge < -0.3 is 25.0 Å². The van der Waals surface area contributed by atoms with E-state index in [4.69, 9.17) is 14.5 Å². The standard InChI is InChI=1S/C25H32N4O3/c1-29(2)23(30)17-27-25(28-21-12-11-18-7-3-4-8-19(18)15-21)26-16-20-9-5-10-22-24(20)32-14-6-13-31-22/h3-5,7-10,21H,6,11-17H2,1-2H3,(H2,26,27,28). The van der Waals surface area contributed by atoms with Crippen molar-refractivity contribution in [1.29, 1.82) is 0 Å². The molecular weight excluding hydrogens is 404 g/mol. The number of aliphatic imine (C=N–C) groups is 1. The first-order chi connectivity index (χ1) is 15.6. The SMILES string of the molecule is CN(C)C(=O)CNC(=NCc1cccc2c1OCCCO2)NC1CCc2ccccc2C1. The van der Waals surface area contributed by atoms with E-state index >= 15 is 0 Å². The number of ether oxygens (including phenoxy) is 2. The number of rotatable bonds is 5. The average molecular weight is 437 g/mol. The lowest BCUT2D eigenvalue weighted by Crippen LogP contribution is -2.48. The molecule has 2 aromatic carbocycles. The zero-order valence-corrected chi connectivity index (χ0v) is 18.9. The van der Waals surface area contributed by atoms with Gasteiger partial charge in [-0.2, -0.15) is 0 Å². The van der Waals surface area contributed by atoms with E-state index in [2.05, 4.69) is 34.9 Å². The van der Waals surface area contributed by atoms with Crippen molar-refractivity contribution in [2.45, 2.75) is 38.3 Å². The predicted octanol–water partition coefficient (Wildman–Crippen LogP) is 2.53. The van der Waals surface area contributed by atoms with E-state index < -0.39 is 0 Å². The molecule has 0 bridgehead atoms. The van der Waals surface area contributed by atoms with E-state index in [0.717, 1.165) is 42.7 Å². The summed E-state index contributed by atoms with van der Waals surface area (Å²) >= 11 is 0. The second-order valence-corrected chi connectivity index (χ2v) is 8.45. The third-order valence-electron chi connectivity index (χ3n) is 5.85. The molecule has 2 aromatic rings. The van der Waals surface area contributed by atoms with Gasteiger partial charge in [-0.15, -0.1) is 0 Å². The molecule has 1 unspecified atom stereocenters. The van der Waals surface area contributed by atoms with Gasteiger partial charge in [-0.1, -0.05) is 36.4 Å². The van der Waals surface area contributed by atoms with Crippen LogP contribution >= 0.6 is 0 Å². The Bertz CT molecular complexity index is 973. The number of nitrogens with one attached hydrogen (secondary N) is 2. The summed E-state index contributed by atoms with van der Waals surface area (Å²) in [5, 5.41) is 6.76. The van der Waals surface area contributed by atoms with Crippen LogP contribution in [0.4, 0.5) is 0 Å². The fourth-order valence-electron chi connectivity index (χ4n) is 4.03. The number of aryl methyl sites for hydroxylation is 1. The molecule has 1 heterocycles. The third kappa shape index (κ3) is 5.52. The van der Waals surface area contributed by atoms with Crippen LogP contribution in [0.3, 0.4) is 0 Å². The summed E-state index contributed by atoms with van der Waals surface area (Å²) < 4.78 is 11.7. The molecule has 0 saturated heterocycles. The molecule has 0 saturated carbocycles. The molecule has 0 fully saturated rings. The molecule has 0 aromatic heterocycles. The van der Waals surface area contributed by atoms with Crippen molar-refractivity contribution < 1.29 is 14.3 Å². The Morgan fingerprint density at radius 3 is 2.75 bits per heavy atom. The van der Waals surface area contributed by atoms with Gasteiger partial charge >= 0.3 is 0 Å². The zero-order chi connectivity index (χ0) is 22.3. The number of hydrogen-bond acceptors (Lipinski definition) is 4. The van der Waals surface area contributed by atoms with Gasteiger partial charge in [0.25, 0.3) is 0 Å². The van der Waals surface area contributed by atoms with Crippen LogP contribution in [0.15, 0.2) is 47.5 Å². The molecule has 7 heteroatoms. The number of para-hydroxylation sites is 1. The molecule has 0 radical (unpaired) electrons. The highest BCUT2D eigenvalue weighted by Gasteiger charge is 2.20. The topological polar surface area (TPSA) is 75.2 Å². The van der Waals surface area contributed by atoms with Crippen LogP contribution in [0.1, 0.15) is 29.5 Å². The smallest absolute Gasteiger partial charge is 0.241 e. The fourth-order valence-corrected chi connectivity index (χ4v) is 4.03. The third-order valence-corrected chi connectivity index (χ3v) is 5.85. The van der Waals surface area contributed by atoms with Crippen molar-refractivity contribution in [3.63, 3.8) is 0 Å². The maximum absolute atomic E-state index is 12.2. The van der Waals surface area contributed by atoms with Gasteiger partial charge in [0.2, 0.25) is 5.91 Å². The Balaban J connectivity index is 1.49. The van der Waals surface area contributed by atoms with Crippen molar-refractivity contribution in [3.8, 4) is 11.5 Å². The van der Waals surface area contributed by atoms with Crippen LogP contribution in [0.25, 0.3) is 0 Å². The number of benzene rings is 2. The van der Waals surface area contributed by atoms with E-state index in [0.29, 0.717) is 25.7 Å². The molecule has 1 atom stereocenters. The first-order valence-corrected chi connectivity index (χ1v) is 11.3. The highest BCUT2D eigenvalue weighted by atomic mass is 16.5. The lowest BCUT2D eigenvalue weighted by molar-refractivity contribution is -0.127. The van der Waals surface area contributed by atoms with Crippen LogP contribution in [-0.2, 0) is 24.2 Å². The van der Waals surface area contributed by atoms with Gasteiger partial charge in [0.15, 0.2) is 17.5 Å². The molecule has 0 spiro atoms. The summed E-state index contributed by atoms with van der Waals surface area (Å²) in [6.07, 6.45) is 3.86. The minimum Gasteiger partial charge on any atom is -0.490 e. The van der Waals surface area contributed by atoms with E-state index in [1.165, 1.54) is 11.1 Å². The summed E-state index contributed by atoms with van der Waals surface area (Å²) in [4.78, 5) is 18.5. The summed E-state index contributed by atoms with van der Waals surface area (Å²) in [6.45, 7) is 1.91. The minimum absolute atomic E-state index is 0.00111. The van der Waals surface area contributed by atoms with Gasteiger partial charge in [0, 0.05) is 32.1 Å². The molecule has 1 aliphatic heterocycles. The van der Waals surface area contributed by atoms with E-state index in [1.807, 2.05) is 18.2 Å². The Hall–Kier alpha value is -3.22. The highest BCUT2D eigenvalue weighted by Crippen LogP contribution is 2.33. The van der Waals surface area contributed by atoms with E-state index in [9.17, 15) is 4.79 Å². The summed E-state index contributed by atoms with van der Waals surface area (Å²) in [6, 6.07) is 14.8. The zero-order valence-electron chi connectivity index (χ0n) is 18.9. The normalized spacial score (nSPS) is 17.7. The van der Waals surface area contributed by atoms with Crippen LogP contribution in [-0.4, -0.2) is 56.7 Å². The first kappa shape index (κ1) is 22.0. The number of hydrogen-bond donors (Lipinski definition) is 2. The summed E-state index contributed by atoms with van der Waals surface area (Å²) in [7, 11) is 3.51. The predicted molar refractivity (Wildman–Crippen MR) is 125 cm³/mol. The summed E-state index contributed by atoms with van der Waals surface area (Å²) in [5.41, 5.74) is 3.77. The van der Waals surface area contributed by atoms with Crippen molar-refractivity contribution in [3.05, 3.63) is 59.2 Å². The van der Waals surface area contributed by atoms with Crippen molar-refractivity contribution in [2.75, 3.05) is 33.9 Å². The molecule has 2 aliphatic rings. The fraction of sp³-hybridized carbons (Fsp3) is 0.440. The molecule has 2 N–H and O–H groups in total. The largest absolute Gasteiger partial charge is 0.490 e. The number of amides is 1. The van der Waals surface area contributed by atoms with E-state index in [-0.39, 0.29) is 18.5 Å². The lowest BCUT2D eigenvalue weighted by Gasteiger charge is -2.27. The van der Waals surface area contributed by atoms with Crippen LogP contribution in [0.5, 0.6) is 11.5 Å². The maximum atomic E-state index is 12.2. The molecule has 1 amide bonds.